The maximum atomic E-state index is 12.7. The second-order valence-corrected chi connectivity index (χ2v) is 8.51. The van der Waals surface area contributed by atoms with Crippen molar-refractivity contribution >= 4 is 15.7 Å². The van der Waals surface area contributed by atoms with Crippen molar-refractivity contribution in [3.63, 3.8) is 0 Å². The number of rotatable bonds is 5. The molecule has 0 aliphatic carbocycles. The van der Waals surface area contributed by atoms with E-state index >= 15 is 0 Å². The predicted octanol–water partition coefficient (Wildman–Crippen LogP) is 0.993. The summed E-state index contributed by atoms with van der Waals surface area (Å²) in [6.45, 7) is 5.31. The molecule has 1 N–H and O–H groups in total. The van der Waals surface area contributed by atoms with Crippen molar-refractivity contribution in [1.29, 1.82) is 0 Å². The number of nitro benzene ring substituents is 1. The van der Waals surface area contributed by atoms with Gasteiger partial charge in [0.1, 0.15) is 6.54 Å². The van der Waals surface area contributed by atoms with Gasteiger partial charge in [-0.15, -0.1) is 0 Å². The zero-order valence-electron chi connectivity index (χ0n) is 14.6. The Hall–Kier alpha value is -2.29. The molecule has 7 nitrogen and oxygen atoms in total. The zero-order chi connectivity index (χ0) is 18.7. The number of hydrogen-bond acceptors (Lipinski definition) is 4. The average molecular weight is 376 g/mol. The van der Waals surface area contributed by atoms with E-state index in [2.05, 4.69) is 25.1 Å². The maximum absolute atomic E-state index is 12.7. The molecule has 0 spiro atoms. The molecule has 2 aromatic carbocycles. The molecule has 1 saturated heterocycles. The summed E-state index contributed by atoms with van der Waals surface area (Å²) in [6, 6.07) is 13.4. The van der Waals surface area contributed by atoms with E-state index in [0.717, 1.165) is 19.6 Å². The van der Waals surface area contributed by atoms with Crippen molar-refractivity contribution < 1.29 is 18.2 Å². The third-order valence-electron chi connectivity index (χ3n) is 4.65. The molecule has 1 aliphatic heterocycles. The van der Waals surface area contributed by atoms with Crippen LogP contribution in [0.15, 0.2) is 53.4 Å². The van der Waals surface area contributed by atoms with Gasteiger partial charge in [-0.25, -0.2) is 8.42 Å². The summed E-state index contributed by atoms with van der Waals surface area (Å²) in [6.07, 6.45) is 0. The van der Waals surface area contributed by atoms with Gasteiger partial charge in [-0.2, -0.15) is 4.31 Å². The van der Waals surface area contributed by atoms with Crippen LogP contribution in [-0.4, -0.2) is 43.8 Å². The minimum atomic E-state index is -3.61. The Balaban J connectivity index is 1.64. The van der Waals surface area contributed by atoms with Crippen molar-refractivity contribution in [2.75, 3.05) is 26.2 Å². The van der Waals surface area contributed by atoms with E-state index in [1.54, 1.807) is 0 Å². The fraction of sp³-hybridized carbons (Fsp3) is 0.333. The molecular weight excluding hydrogens is 354 g/mol. The summed E-state index contributed by atoms with van der Waals surface area (Å²) in [5.41, 5.74) is 2.37. The minimum Gasteiger partial charge on any atom is -0.329 e. The van der Waals surface area contributed by atoms with Gasteiger partial charge in [0.15, 0.2) is 0 Å². The quantitative estimate of drug-likeness (QED) is 0.623. The molecule has 2 aromatic rings. The van der Waals surface area contributed by atoms with Crippen molar-refractivity contribution in [3.8, 4) is 0 Å². The lowest BCUT2D eigenvalue weighted by molar-refractivity contribution is -0.917. The fourth-order valence-electron chi connectivity index (χ4n) is 3.22. The molecule has 0 aromatic heterocycles. The van der Waals surface area contributed by atoms with Gasteiger partial charge >= 0.3 is 0 Å². The lowest BCUT2D eigenvalue weighted by Crippen LogP contribution is -3.13. The van der Waals surface area contributed by atoms with Crippen LogP contribution in [0.2, 0.25) is 0 Å². The van der Waals surface area contributed by atoms with Crippen molar-refractivity contribution in [1.82, 2.24) is 4.31 Å². The zero-order valence-corrected chi connectivity index (χ0v) is 15.4. The molecule has 8 heteroatoms. The highest BCUT2D eigenvalue weighted by atomic mass is 32.2. The van der Waals surface area contributed by atoms with E-state index in [1.807, 2.05) is 6.07 Å². The van der Waals surface area contributed by atoms with Crippen LogP contribution in [0.4, 0.5) is 5.69 Å². The second kappa shape index (κ2) is 7.53. The van der Waals surface area contributed by atoms with Gasteiger partial charge in [-0.3, -0.25) is 10.1 Å². The van der Waals surface area contributed by atoms with E-state index in [9.17, 15) is 18.5 Å². The number of nitro groups is 1. The lowest BCUT2D eigenvalue weighted by atomic mass is 10.1. The van der Waals surface area contributed by atoms with Crippen LogP contribution in [-0.2, 0) is 16.6 Å². The van der Waals surface area contributed by atoms with Crippen LogP contribution in [0, 0.1) is 17.0 Å². The molecular formula is C18H22N3O4S+. The Morgan fingerprint density at radius 3 is 2.35 bits per heavy atom. The van der Waals surface area contributed by atoms with Crippen molar-refractivity contribution in [3.05, 3.63) is 69.8 Å². The number of quaternary nitrogens is 1. The van der Waals surface area contributed by atoms with Crippen LogP contribution in [0.3, 0.4) is 0 Å². The van der Waals surface area contributed by atoms with Crippen LogP contribution in [0.5, 0.6) is 0 Å². The normalized spacial score (nSPS) is 16.5. The molecule has 0 amide bonds. The van der Waals surface area contributed by atoms with Gasteiger partial charge < -0.3 is 4.90 Å². The van der Waals surface area contributed by atoms with Gasteiger partial charge in [0.2, 0.25) is 10.0 Å². The Morgan fingerprint density at radius 1 is 1.12 bits per heavy atom. The molecule has 0 bridgehead atoms. The lowest BCUT2D eigenvalue weighted by Gasteiger charge is -2.31. The summed E-state index contributed by atoms with van der Waals surface area (Å²) >= 11 is 0. The van der Waals surface area contributed by atoms with Gasteiger partial charge in [0, 0.05) is 17.7 Å². The first-order valence-electron chi connectivity index (χ1n) is 8.50. The van der Waals surface area contributed by atoms with Crippen molar-refractivity contribution in [2.45, 2.75) is 18.4 Å². The first kappa shape index (κ1) is 18.5. The second-order valence-electron chi connectivity index (χ2n) is 6.57. The Morgan fingerprint density at radius 2 is 1.77 bits per heavy atom. The first-order chi connectivity index (χ1) is 12.4. The molecule has 1 aliphatic rings. The molecule has 0 radical (unpaired) electrons. The number of sulfonamides is 1. The number of benzene rings is 2. The van der Waals surface area contributed by atoms with E-state index in [1.165, 1.54) is 44.6 Å². The Labute approximate surface area is 153 Å². The topological polar surface area (TPSA) is 85.0 Å². The third-order valence-corrected chi connectivity index (χ3v) is 6.56. The van der Waals surface area contributed by atoms with Gasteiger partial charge in [0.25, 0.3) is 5.69 Å². The molecule has 1 heterocycles. The van der Waals surface area contributed by atoms with Crippen LogP contribution in [0.25, 0.3) is 0 Å². The van der Waals surface area contributed by atoms with Gasteiger partial charge in [0.05, 0.1) is 36.0 Å². The minimum absolute atomic E-state index is 0.102. The number of aryl methyl sites for hydroxylation is 1. The standard InChI is InChI=1S/C18H21N3O4S/c1-15-3-2-4-16(13-15)14-19-9-11-20(12-10-19)26(24,25)18-7-5-17(6-8-18)21(22)23/h2-8,13H,9-12,14H2,1H3/p+1. The number of non-ortho nitro benzene ring substituents is 1. The number of nitrogens with one attached hydrogen (secondary N) is 1. The summed E-state index contributed by atoms with van der Waals surface area (Å²) in [7, 11) is -3.61. The Kier molecular flexibility index (Phi) is 5.36. The molecule has 138 valence electrons. The summed E-state index contributed by atoms with van der Waals surface area (Å²) in [5.74, 6) is 0. The summed E-state index contributed by atoms with van der Waals surface area (Å²) in [5, 5.41) is 10.7. The summed E-state index contributed by atoms with van der Waals surface area (Å²) in [4.78, 5) is 11.6. The molecule has 0 saturated carbocycles. The largest absolute Gasteiger partial charge is 0.329 e. The van der Waals surface area contributed by atoms with Crippen LogP contribution < -0.4 is 4.90 Å². The van der Waals surface area contributed by atoms with Crippen LogP contribution in [0.1, 0.15) is 11.1 Å². The molecule has 26 heavy (non-hydrogen) atoms. The van der Waals surface area contributed by atoms with E-state index in [4.69, 9.17) is 0 Å². The molecule has 0 unspecified atom stereocenters. The highest BCUT2D eigenvalue weighted by Crippen LogP contribution is 2.19. The fourth-order valence-corrected chi connectivity index (χ4v) is 4.66. The number of nitrogens with zero attached hydrogens (tertiary/aromatic N) is 2. The number of hydrogen-bond donors (Lipinski definition) is 1. The first-order valence-corrected chi connectivity index (χ1v) is 9.94. The highest BCUT2D eigenvalue weighted by Gasteiger charge is 2.30. The predicted molar refractivity (Wildman–Crippen MR) is 97.4 cm³/mol. The molecule has 3 rings (SSSR count). The monoisotopic (exact) mass is 376 g/mol. The summed E-state index contributed by atoms with van der Waals surface area (Å²) < 4.78 is 26.9. The SMILES string of the molecule is Cc1cccc(C[NH+]2CCN(S(=O)(=O)c3ccc([N+](=O)[O-])cc3)CC2)c1. The van der Waals surface area contributed by atoms with Gasteiger partial charge in [-0.1, -0.05) is 29.8 Å². The maximum Gasteiger partial charge on any atom is 0.269 e. The van der Waals surface area contributed by atoms with E-state index in [-0.39, 0.29) is 10.6 Å². The smallest absolute Gasteiger partial charge is 0.269 e. The van der Waals surface area contributed by atoms with Crippen LogP contribution >= 0.6 is 0 Å². The average Bonchev–Trinajstić information content (AvgIpc) is 2.62. The van der Waals surface area contributed by atoms with Crippen molar-refractivity contribution in [2.24, 2.45) is 0 Å². The van der Waals surface area contributed by atoms with E-state index < -0.39 is 14.9 Å². The van der Waals surface area contributed by atoms with Gasteiger partial charge in [-0.05, 0) is 19.1 Å². The Bertz CT molecular complexity index is 889. The highest BCUT2D eigenvalue weighted by molar-refractivity contribution is 7.89. The number of piperazine rings is 1. The molecule has 1 fully saturated rings. The molecule has 0 atom stereocenters. The third kappa shape index (κ3) is 4.09. The van der Waals surface area contributed by atoms with E-state index in [0.29, 0.717) is 13.1 Å².